The van der Waals surface area contributed by atoms with Gasteiger partial charge < -0.3 is 29.3 Å². The Labute approximate surface area is 278 Å². The second-order valence-corrected chi connectivity index (χ2v) is 10.7. The number of nitrogens with zero attached hydrogens (tertiary/aromatic N) is 6. The number of esters is 1. The average molecular weight is 685 g/mol. The number of carboxylic acid groups (broad SMARTS) is 1. The van der Waals surface area contributed by atoms with Crippen molar-refractivity contribution in [1.29, 1.82) is 0 Å². The Morgan fingerprint density at radius 1 is 1.10 bits per heavy atom. The summed E-state index contributed by atoms with van der Waals surface area (Å²) in [7, 11) is 0. The van der Waals surface area contributed by atoms with E-state index in [1.165, 1.54) is 0 Å². The van der Waals surface area contributed by atoms with E-state index in [0.29, 0.717) is 30.3 Å². The number of nitrogens with one attached hydrogen (secondary N) is 2. The molecule has 0 aliphatic heterocycles. The number of carbonyl (C=O) groups excluding carboxylic acids is 2. The van der Waals surface area contributed by atoms with Crippen molar-refractivity contribution in [3.8, 4) is 22.5 Å². The van der Waals surface area contributed by atoms with Gasteiger partial charge in [-0.25, -0.2) is 14.6 Å². The van der Waals surface area contributed by atoms with Crippen molar-refractivity contribution in [1.82, 2.24) is 35.5 Å². The molecule has 2 aromatic heterocycles. The van der Waals surface area contributed by atoms with E-state index < -0.39 is 35.8 Å². The molecule has 0 fully saturated rings. The molecular weight excluding hydrogens is 652 g/mol. The third-order valence-electron chi connectivity index (χ3n) is 7.04. The maximum atomic E-state index is 12.6. The van der Waals surface area contributed by atoms with E-state index in [4.69, 9.17) is 21.1 Å². The fourth-order valence-corrected chi connectivity index (χ4v) is 4.88. The number of aliphatic carboxylic acids is 1. The number of carbonyl (C=O) groups is 3. The first-order valence-corrected chi connectivity index (χ1v) is 15.3. The Morgan fingerprint density at radius 3 is 2.52 bits per heavy atom. The summed E-state index contributed by atoms with van der Waals surface area (Å²) in [4.78, 5) is 54.9. The quantitative estimate of drug-likeness (QED) is 0.0584. The molecule has 0 spiro atoms. The number of aromatic nitrogens is 6. The number of alkyl carbamates (subject to hydrolysis) is 1. The molecule has 0 aliphatic rings. The highest BCUT2D eigenvalue weighted by Crippen LogP contribution is 2.30. The van der Waals surface area contributed by atoms with Gasteiger partial charge in [0, 0.05) is 24.9 Å². The number of ether oxygens (including phenoxy) is 2. The zero-order valence-electron chi connectivity index (χ0n) is 25.8. The van der Waals surface area contributed by atoms with Gasteiger partial charge in [-0.1, -0.05) is 73.5 Å². The highest BCUT2D eigenvalue weighted by molar-refractivity contribution is 6.30. The summed E-state index contributed by atoms with van der Waals surface area (Å²) in [5.41, 5.74) is 4.03. The fraction of sp³-hybridized carbons (Fsp3) is 0.367. The standard InChI is InChI=1S/C30H33ClN8O9/c1-2-3-9-25-33-27(31)24(18-47-30(43)32-23(29(41)42)17-46-26(40)10-6-15-48-39(44)45)38(25)16-19-11-13-20(14-12-19)21-7-4-5-8-22(21)28-34-36-37-35-28/h4-5,7-8,11-14,23H,2-3,6,9-10,15-18H2,1H3,(H,32,43)(H,41,42)(H,34,35,36,37). The van der Waals surface area contributed by atoms with Gasteiger partial charge in [-0.05, 0) is 34.7 Å². The van der Waals surface area contributed by atoms with Crippen LogP contribution in [0.3, 0.4) is 0 Å². The van der Waals surface area contributed by atoms with Crippen molar-refractivity contribution in [2.24, 2.45) is 0 Å². The van der Waals surface area contributed by atoms with Crippen LogP contribution in [0, 0.1) is 10.1 Å². The second kappa shape index (κ2) is 17.4. The van der Waals surface area contributed by atoms with Gasteiger partial charge in [0.05, 0.1) is 12.3 Å². The first-order valence-electron chi connectivity index (χ1n) is 14.9. The zero-order chi connectivity index (χ0) is 34.5. The lowest BCUT2D eigenvalue weighted by atomic mass is 9.98. The SMILES string of the molecule is CCCCc1nc(Cl)c(COC(=O)NC(COC(=O)CCCO[N+](=O)[O-])C(=O)O)n1Cc1ccc(-c2ccccc2-c2nn[nH]n2)cc1. The normalized spacial score (nSPS) is 11.5. The van der Waals surface area contributed by atoms with Crippen molar-refractivity contribution in [3.63, 3.8) is 0 Å². The minimum Gasteiger partial charge on any atom is -0.480 e. The Kier molecular flexibility index (Phi) is 12.8. The number of benzene rings is 2. The molecule has 1 atom stereocenters. The molecule has 0 saturated carbocycles. The number of H-pyrrole nitrogens is 1. The van der Waals surface area contributed by atoms with Crippen LogP contribution >= 0.6 is 11.6 Å². The van der Waals surface area contributed by atoms with E-state index in [2.05, 4.69) is 42.7 Å². The molecule has 0 radical (unpaired) electrons. The molecule has 1 unspecified atom stereocenters. The number of aryl methyl sites for hydroxylation is 1. The molecule has 0 saturated heterocycles. The number of hydrogen-bond donors (Lipinski definition) is 3. The summed E-state index contributed by atoms with van der Waals surface area (Å²) in [5, 5.41) is 35.3. The number of halogens is 1. The van der Waals surface area contributed by atoms with Crippen molar-refractivity contribution in [3.05, 3.63) is 80.9 Å². The maximum Gasteiger partial charge on any atom is 0.408 e. The third kappa shape index (κ3) is 9.96. The molecule has 4 aromatic rings. The van der Waals surface area contributed by atoms with E-state index in [9.17, 15) is 29.6 Å². The molecule has 0 aliphatic carbocycles. The van der Waals surface area contributed by atoms with Crippen LogP contribution < -0.4 is 5.32 Å². The molecule has 0 bridgehead atoms. The summed E-state index contributed by atoms with van der Waals surface area (Å²) in [5.74, 6) is -1.11. The van der Waals surface area contributed by atoms with Crippen LogP contribution in [-0.4, -0.2) is 77.7 Å². The molecule has 254 valence electrons. The number of hydrogen-bond acceptors (Lipinski definition) is 12. The van der Waals surface area contributed by atoms with Crippen LogP contribution in [0.2, 0.25) is 5.15 Å². The lowest BCUT2D eigenvalue weighted by Crippen LogP contribution is -2.44. The largest absolute Gasteiger partial charge is 0.480 e. The second-order valence-electron chi connectivity index (χ2n) is 10.4. The number of imidazole rings is 1. The highest BCUT2D eigenvalue weighted by atomic mass is 35.5. The predicted octanol–water partition coefficient (Wildman–Crippen LogP) is 3.99. The number of unbranched alkanes of at least 4 members (excludes halogenated alkanes) is 1. The molecule has 48 heavy (non-hydrogen) atoms. The molecule has 2 aromatic carbocycles. The van der Waals surface area contributed by atoms with E-state index >= 15 is 0 Å². The summed E-state index contributed by atoms with van der Waals surface area (Å²) < 4.78 is 12.1. The van der Waals surface area contributed by atoms with Crippen molar-refractivity contribution < 1.29 is 38.9 Å². The van der Waals surface area contributed by atoms with Gasteiger partial charge in [0.15, 0.2) is 11.2 Å². The molecule has 2 heterocycles. The average Bonchev–Trinajstić information content (AvgIpc) is 3.71. The lowest BCUT2D eigenvalue weighted by Gasteiger charge is -2.16. The van der Waals surface area contributed by atoms with Crippen LogP contribution in [-0.2, 0) is 43.5 Å². The monoisotopic (exact) mass is 684 g/mol. The van der Waals surface area contributed by atoms with Crippen molar-refractivity contribution >= 4 is 29.6 Å². The number of amides is 1. The first kappa shape index (κ1) is 35.3. The fourth-order valence-electron chi connectivity index (χ4n) is 4.63. The minimum atomic E-state index is -1.61. The highest BCUT2D eigenvalue weighted by Gasteiger charge is 2.24. The van der Waals surface area contributed by atoms with Crippen LogP contribution in [0.15, 0.2) is 48.5 Å². The summed E-state index contributed by atoms with van der Waals surface area (Å²) in [6.07, 6.45) is 1.05. The van der Waals surface area contributed by atoms with Gasteiger partial charge in [-0.2, -0.15) is 5.21 Å². The van der Waals surface area contributed by atoms with Crippen LogP contribution in [0.25, 0.3) is 22.5 Å². The van der Waals surface area contributed by atoms with E-state index in [-0.39, 0.29) is 31.2 Å². The summed E-state index contributed by atoms with van der Waals surface area (Å²) in [6, 6.07) is 14.0. The predicted molar refractivity (Wildman–Crippen MR) is 168 cm³/mol. The Morgan fingerprint density at radius 2 is 1.85 bits per heavy atom. The number of carboxylic acids is 1. The lowest BCUT2D eigenvalue weighted by molar-refractivity contribution is -0.757. The van der Waals surface area contributed by atoms with E-state index in [1.54, 1.807) is 0 Å². The first-order chi connectivity index (χ1) is 23.2. The molecule has 1 amide bonds. The topological polar surface area (TPSA) is 227 Å². The van der Waals surface area contributed by atoms with E-state index in [1.807, 2.05) is 53.1 Å². The number of aromatic amines is 1. The van der Waals surface area contributed by atoms with Gasteiger partial charge in [0.2, 0.25) is 5.82 Å². The van der Waals surface area contributed by atoms with Gasteiger partial charge in [0.25, 0.3) is 5.09 Å². The molecular formula is C30H33ClN8O9. The van der Waals surface area contributed by atoms with Gasteiger partial charge in [-0.3, -0.25) is 4.79 Å². The van der Waals surface area contributed by atoms with E-state index in [0.717, 1.165) is 35.1 Å². The Bertz CT molecular complexity index is 1700. The Hall–Kier alpha value is -5.58. The third-order valence-corrected chi connectivity index (χ3v) is 7.34. The van der Waals surface area contributed by atoms with Crippen molar-refractivity contribution in [2.75, 3.05) is 13.2 Å². The van der Waals surface area contributed by atoms with Crippen LogP contribution in [0.4, 0.5) is 4.79 Å². The summed E-state index contributed by atoms with van der Waals surface area (Å²) >= 11 is 6.50. The maximum absolute atomic E-state index is 12.6. The summed E-state index contributed by atoms with van der Waals surface area (Å²) in [6.45, 7) is 1.09. The molecule has 3 N–H and O–H groups in total. The van der Waals surface area contributed by atoms with Crippen LogP contribution in [0.1, 0.15) is 49.7 Å². The smallest absolute Gasteiger partial charge is 0.408 e. The van der Waals surface area contributed by atoms with Gasteiger partial charge in [0.1, 0.15) is 19.0 Å². The zero-order valence-corrected chi connectivity index (χ0v) is 26.6. The molecule has 17 nitrogen and oxygen atoms in total. The Balaban J connectivity index is 1.41. The minimum absolute atomic E-state index is 0.0126. The molecule has 4 rings (SSSR count). The number of rotatable bonds is 18. The van der Waals surface area contributed by atoms with Crippen molar-refractivity contribution in [2.45, 2.75) is 58.2 Å². The van der Waals surface area contributed by atoms with Gasteiger partial charge >= 0.3 is 18.0 Å². The molecule has 18 heteroatoms. The van der Waals surface area contributed by atoms with Gasteiger partial charge in [-0.15, -0.1) is 20.3 Å². The van der Waals surface area contributed by atoms with Crippen LogP contribution in [0.5, 0.6) is 0 Å². The number of tetrazole rings is 1.